The molecule has 0 aromatic carbocycles. The molecule has 0 radical (unpaired) electrons. The summed E-state index contributed by atoms with van der Waals surface area (Å²) in [4.78, 5) is 14.9. The molecule has 24 heavy (non-hydrogen) atoms. The van der Waals surface area contributed by atoms with Crippen molar-refractivity contribution >= 4 is 23.4 Å². The molecule has 9 heteroatoms. The van der Waals surface area contributed by atoms with Gasteiger partial charge in [0, 0.05) is 32.4 Å². The van der Waals surface area contributed by atoms with Gasteiger partial charge in [-0.05, 0) is 25.5 Å². The molecule has 0 aliphatic carbocycles. The van der Waals surface area contributed by atoms with E-state index in [9.17, 15) is 0 Å². The summed E-state index contributed by atoms with van der Waals surface area (Å²) in [7, 11) is 1.73. The molecule has 0 amide bonds. The standard InChI is InChI=1S/C15H20ClN7O/c1-10-20-13(24-22-10)8-19-15(17-2)21-11-5-7-23(9-11)14-12(16)4-3-6-18-14/h3-4,6,11H,5,7-9H2,1-2H3,(H2,17,19,21). The fourth-order valence-electron chi connectivity index (χ4n) is 2.64. The van der Waals surface area contributed by atoms with E-state index in [4.69, 9.17) is 16.1 Å². The van der Waals surface area contributed by atoms with Gasteiger partial charge in [-0.1, -0.05) is 16.8 Å². The number of aryl methyl sites for hydroxylation is 1. The molecule has 1 aliphatic rings. The first kappa shape index (κ1) is 16.5. The Morgan fingerprint density at radius 1 is 1.54 bits per heavy atom. The first-order valence-corrected chi connectivity index (χ1v) is 8.15. The van der Waals surface area contributed by atoms with E-state index < -0.39 is 0 Å². The second-order valence-corrected chi connectivity index (χ2v) is 5.95. The average Bonchev–Trinajstić information content (AvgIpc) is 3.21. The fourth-order valence-corrected chi connectivity index (χ4v) is 2.88. The van der Waals surface area contributed by atoms with Crippen LogP contribution in [-0.4, -0.2) is 47.3 Å². The van der Waals surface area contributed by atoms with Gasteiger partial charge in [0.2, 0.25) is 5.89 Å². The van der Waals surface area contributed by atoms with Crippen molar-refractivity contribution in [2.24, 2.45) is 4.99 Å². The van der Waals surface area contributed by atoms with E-state index in [0.29, 0.717) is 29.2 Å². The minimum absolute atomic E-state index is 0.263. The van der Waals surface area contributed by atoms with Crippen molar-refractivity contribution in [3.8, 4) is 0 Å². The third kappa shape index (κ3) is 3.94. The van der Waals surface area contributed by atoms with Crippen molar-refractivity contribution in [3.63, 3.8) is 0 Å². The normalized spacial score (nSPS) is 18.0. The summed E-state index contributed by atoms with van der Waals surface area (Å²) in [5.74, 6) is 2.68. The lowest BCUT2D eigenvalue weighted by Crippen LogP contribution is -2.44. The first-order chi connectivity index (χ1) is 11.7. The zero-order valence-electron chi connectivity index (χ0n) is 13.7. The number of aromatic nitrogens is 3. The van der Waals surface area contributed by atoms with Gasteiger partial charge in [0.25, 0.3) is 0 Å². The quantitative estimate of drug-likeness (QED) is 0.636. The lowest BCUT2D eigenvalue weighted by atomic mass is 10.3. The predicted octanol–water partition coefficient (Wildman–Crippen LogP) is 1.37. The monoisotopic (exact) mass is 349 g/mol. The van der Waals surface area contributed by atoms with Crippen molar-refractivity contribution in [2.75, 3.05) is 25.0 Å². The van der Waals surface area contributed by atoms with E-state index in [0.717, 1.165) is 25.3 Å². The third-order valence-corrected chi connectivity index (χ3v) is 4.06. The molecular formula is C15H20ClN7O. The van der Waals surface area contributed by atoms with Gasteiger partial charge in [-0.2, -0.15) is 4.98 Å². The van der Waals surface area contributed by atoms with E-state index in [1.165, 1.54) is 0 Å². The molecule has 1 unspecified atom stereocenters. The topological polar surface area (TPSA) is 91.5 Å². The Bertz CT molecular complexity index is 717. The summed E-state index contributed by atoms with van der Waals surface area (Å²) in [5.41, 5.74) is 0. The van der Waals surface area contributed by atoms with Crippen LogP contribution in [0.15, 0.2) is 27.8 Å². The van der Waals surface area contributed by atoms with Crippen molar-refractivity contribution in [3.05, 3.63) is 35.1 Å². The summed E-state index contributed by atoms with van der Waals surface area (Å²) in [6, 6.07) is 3.96. The van der Waals surface area contributed by atoms with Gasteiger partial charge in [0.05, 0.1) is 11.6 Å². The van der Waals surface area contributed by atoms with Gasteiger partial charge < -0.3 is 20.1 Å². The number of aliphatic imine (C=N–C) groups is 1. The number of hydrogen-bond donors (Lipinski definition) is 2. The Balaban J connectivity index is 1.53. The molecule has 128 valence electrons. The number of nitrogens with one attached hydrogen (secondary N) is 2. The lowest BCUT2D eigenvalue weighted by Gasteiger charge is -2.20. The number of guanidine groups is 1. The van der Waals surface area contributed by atoms with Crippen LogP contribution in [0.5, 0.6) is 0 Å². The van der Waals surface area contributed by atoms with Gasteiger partial charge in [-0.25, -0.2) is 4.98 Å². The van der Waals surface area contributed by atoms with Gasteiger partial charge in [-0.15, -0.1) is 0 Å². The summed E-state index contributed by atoms with van der Waals surface area (Å²) >= 11 is 6.22. The number of halogens is 1. The van der Waals surface area contributed by atoms with Crippen molar-refractivity contribution in [2.45, 2.75) is 25.9 Å². The van der Waals surface area contributed by atoms with E-state index in [2.05, 4.69) is 35.7 Å². The van der Waals surface area contributed by atoms with Crippen LogP contribution in [0.25, 0.3) is 0 Å². The molecule has 2 aromatic rings. The average molecular weight is 350 g/mol. The Morgan fingerprint density at radius 3 is 3.12 bits per heavy atom. The Hall–Kier alpha value is -2.35. The lowest BCUT2D eigenvalue weighted by molar-refractivity contribution is 0.371. The molecule has 8 nitrogen and oxygen atoms in total. The highest BCUT2D eigenvalue weighted by Crippen LogP contribution is 2.25. The molecule has 1 atom stereocenters. The number of pyridine rings is 1. The number of nitrogens with zero attached hydrogens (tertiary/aromatic N) is 5. The molecule has 1 fully saturated rings. The maximum absolute atomic E-state index is 6.22. The van der Waals surface area contributed by atoms with Crippen LogP contribution in [0.4, 0.5) is 5.82 Å². The molecule has 3 rings (SSSR count). The molecule has 1 aliphatic heterocycles. The molecule has 0 saturated carbocycles. The molecule has 1 saturated heterocycles. The smallest absolute Gasteiger partial charge is 0.246 e. The molecule has 0 bridgehead atoms. The molecule has 0 spiro atoms. The van der Waals surface area contributed by atoms with Gasteiger partial charge in [-0.3, -0.25) is 4.99 Å². The fraction of sp³-hybridized carbons (Fsp3) is 0.467. The molecule has 2 aromatic heterocycles. The number of anilines is 1. The van der Waals surface area contributed by atoms with E-state index in [1.807, 2.05) is 12.1 Å². The third-order valence-electron chi connectivity index (χ3n) is 3.77. The highest BCUT2D eigenvalue weighted by Gasteiger charge is 2.25. The first-order valence-electron chi connectivity index (χ1n) is 7.77. The molecule has 3 heterocycles. The summed E-state index contributed by atoms with van der Waals surface area (Å²) < 4.78 is 5.08. The maximum atomic E-state index is 6.22. The minimum atomic E-state index is 0.263. The van der Waals surface area contributed by atoms with Crippen LogP contribution in [-0.2, 0) is 6.54 Å². The highest BCUT2D eigenvalue weighted by atomic mass is 35.5. The Morgan fingerprint density at radius 2 is 2.42 bits per heavy atom. The van der Waals surface area contributed by atoms with Gasteiger partial charge >= 0.3 is 0 Å². The summed E-state index contributed by atoms with van der Waals surface area (Å²) in [6.07, 6.45) is 2.74. The highest BCUT2D eigenvalue weighted by molar-refractivity contribution is 6.32. The zero-order chi connectivity index (χ0) is 16.9. The Kier molecular flexibility index (Phi) is 5.14. The largest absolute Gasteiger partial charge is 0.353 e. The van der Waals surface area contributed by atoms with Crippen LogP contribution in [0, 0.1) is 6.92 Å². The Labute approximate surface area is 145 Å². The summed E-state index contributed by atoms with van der Waals surface area (Å²) in [6.45, 7) is 3.93. The predicted molar refractivity (Wildman–Crippen MR) is 92.2 cm³/mol. The zero-order valence-corrected chi connectivity index (χ0v) is 14.4. The van der Waals surface area contributed by atoms with Crippen molar-refractivity contribution in [1.29, 1.82) is 0 Å². The maximum Gasteiger partial charge on any atom is 0.246 e. The SMILES string of the molecule is CN=C(NCc1nc(C)no1)NC1CCN(c2ncccc2Cl)C1. The van der Waals surface area contributed by atoms with Crippen LogP contribution in [0.1, 0.15) is 18.1 Å². The van der Waals surface area contributed by atoms with Gasteiger partial charge in [0.15, 0.2) is 11.8 Å². The van der Waals surface area contributed by atoms with Crippen LogP contribution < -0.4 is 15.5 Å². The van der Waals surface area contributed by atoms with E-state index in [-0.39, 0.29) is 6.04 Å². The second kappa shape index (κ2) is 7.48. The molecule has 2 N–H and O–H groups in total. The second-order valence-electron chi connectivity index (χ2n) is 5.55. The summed E-state index contributed by atoms with van der Waals surface area (Å²) in [5, 5.41) is 11.0. The van der Waals surface area contributed by atoms with Crippen LogP contribution in [0.2, 0.25) is 5.02 Å². The minimum Gasteiger partial charge on any atom is -0.353 e. The van der Waals surface area contributed by atoms with Crippen LogP contribution >= 0.6 is 11.6 Å². The molecular weight excluding hydrogens is 330 g/mol. The van der Waals surface area contributed by atoms with Gasteiger partial charge in [0.1, 0.15) is 5.82 Å². The number of rotatable bonds is 4. The van der Waals surface area contributed by atoms with Crippen LogP contribution in [0.3, 0.4) is 0 Å². The van der Waals surface area contributed by atoms with E-state index >= 15 is 0 Å². The van der Waals surface area contributed by atoms with E-state index in [1.54, 1.807) is 20.2 Å². The van der Waals surface area contributed by atoms with Crippen molar-refractivity contribution in [1.82, 2.24) is 25.8 Å². The number of hydrogen-bond acceptors (Lipinski definition) is 6. The van der Waals surface area contributed by atoms with Crippen molar-refractivity contribution < 1.29 is 4.52 Å².